The Labute approximate surface area is 79.3 Å². The summed E-state index contributed by atoms with van der Waals surface area (Å²) in [5, 5.41) is 9.32. The Morgan fingerprint density at radius 1 is 1.42 bits per heavy atom. The minimum absolute atomic E-state index is 0.239. The quantitative estimate of drug-likeness (QED) is 0.842. The molecule has 0 aromatic heterocycles. The molecular weight excluding hydrogens is 220 g/mol. The second-order valence-electron chi connectivity index (χ2n) is 2.56. The normalized spacial score (nSPS) is 12.6. The van der Waals surface area contributed by atoms with Crippen LogP contribution < -0.4 is 0 Å². The van der Waals surface area contributed by atoms with Gasteiger partial charge in [-0.05, 0) is 24.6 Å². The van der Waals surface area contributed by atoms with Gasteiger partial charge in [-0.2, -0.15) is 0 Å². The monoisotopic (exact) mass is 228 g/mol. The second kappa shape index (κ2) is 3.83. The van der Waals surface area contributed by atoms with Crippen LogP contribution in [0.15, 0.2) is 28.7 Å². The van der Waals surface area contributed by atoms with E-state index in [0.717, 1.165) is 4.47 Å². The summed E-state index contributed by atoms with van der Waals surface area (Å²) in [6, 6.07) is 7.02. The standard InChI is InChI=1S/C9H9BrO2/c1-6(11)9(12)7-2-4-8(10)5-3-7/h2-5,9,12H,1H3. The van der Waals surface area contributed by atoms with E-state index in [1.54, 1.807) is 24.3 Å². The molecule has 0 amide bonds. The molecule has 1 aromatic carbocycles. The number of aliphatic hydroxyl groups is 1. The first kappa shape index (κ1) is 9.42. The van der Waals surface area contributed by atoms with E-state index < -0.39 is 6.10 Å². The van der Waals surface area contributed by atoms with Crippen molar-refractivity contribution in [3.63, 3.8) is 0 Å². The van der Waals surface area contributed by atoms with Crippen molar-refractivity contribution in [1.29, 1.82) is 0 Å². The highest BCUT2D eigenvalue weighted by atomic mass is 79.9. The van der Waals surface area contributed by atoms with Crippen LogP contribution in [0.3, 0.4) is 0 Å². The van der Waals surface area contributed by atoms with Crippen molar-refractivity contribution in [2.45, 2.75) is 13.0 Å². The third-order valence-electron chi connectivity index (χ3n) is 1.57. The van der Waals surface area contributed by atoms with Gasteiger partial charge in [0.05, 0.1) is 0 Å². The SMILES string of the molecule is CC(=O)C(O)c1ccc(Br)cc1. The Balaban J connectivity index is 2.89. The van der Waals surface area contributed by atoms with Crippen molar-refractivity contribution < 1.29 is 9.90 Å². The number of Topliss-reactive ketones (excluding diaryl/α,β-unsaturated/α-hetero) is 1. The van der Waals surface area contributed by atoms with Gasteiger partial charge in [0.2, 0.25) is 0 Å². The zero-order chi connectivity index (χ0) is 9.14. The highest BCUT2D eigenvalue weighted by Gasteiger charge is 2.11. The number of halogens is 1. The lowest BCUT2D eigenvalue weighted by Gasteiger charge is -2.05. The number of hydrogen-bond acceptors (Lipinski definition) is 2. The first-order chi connectivity index (χ1) is 5.61. The predicted molar refractivity (Wildman–Crippen MR) is 49.8 cm³/mol. The summed E-state index contributed by atoms with van der Waals surface area (Å²) in [5.74, 6) is -0.239. The average Bonchev–Trinajstić information content (AvgIpc) is 2.04. The Morgan fingerprint density at radius 3 is 2.33 bits per heavy atom. The van der Waals surface area contributed by atoms with Crippen molar-refractivity contribution in [2.24, 2.45) is 0 Å². The maximum atomic E-state index is 10.8. The van der Waals surface area contributed by atoms with Gasteiger partial charge in [-0.25, -0.2) is 0 Å². The highest BCUT2D eigenvalue weighted by molar-refractivity contribution is 9.10. The van der Waals surface area contributed by atoms with E-state index in [1.165, 1.54) is 6.92 Å². The highest BCUT2D eigenvalue weighted by Crippen LogP contribution is 2.16. The van der Waals surface area contributed by atoms with E-state index in [2.05, 4.69) is 15.9 Å². The first-order valence-electron chi connectivity index (χ1n) is 3.55. The molecule has 0 saturated heterocycles. The third kappa shape index (κ3) is 2.16. The summed E-state index contributed by atoms with van der Waals surface area (Å²) < 4.78 is 0.932. The van der Waals surface area contributed by atoms with Crippen molar-refractivity contribution in [3.8, 4) is 0 Å². The lowest BCUT2D eigenvalue weighted by molar-refractivity contribution is -0.125. The maximum absolute atomic E-state index is 10.8. The fraction of sp³-hybridized carbons (Fsp3) is 0.222. The molecule has 0 aliphatic rings. The number of rotatable bonds is 2. The van der Waals surface area contributed by atoms with Crippen LogP contribution in [0.2, 0.25) is 0 Å². The lowest BCUT2D eigenvalue weighted by atomic mass is 10.1. The molecule has 12 heavy (non-hydrogen) atoms. The van der Waals surface area contributed by atoms with E-state index in [9.17, 15) is 9.90 Å². The fourth-order valence-corrected chi connectivity index (χ4v) is 1.14. The van der Waals surface area contributed by atoms with Gasteiger partial charge in [-0.15, -0.1) is 0 Å². The molecule has 0 heterocycles. The van der Waals surface area contributed by atoms with Gasteiger partial charge in [0, 0.05) is 4.47 Å². The Bertz CT molecular complexity index is 279. The first-order valence-corrected chi connectivity index (χ1v) is 4.34. The molecule has 0 fully saturated rings. The minimum Gasteiger partial charge on any atom is -0.381 e. The fourth-order valence-electron chi connectivity index (χ4n) is 0.880. The van der Waals surface area contributed by atoms with Gasteiger partial charge < -0.3 is 5.11 Å². The predicted octanol–water partition coefficient (Wildman–Crippen LogP) is 2.07. The van der Waals surface area contributed by atoms with Gasteiger partial charge in [0.15, 0.2) is 5.78 Å². The summed E-state index contributed by atoms with van der Waals surface area (Å²) in [7, 11) is 0. The van der Waals surface area contributed by atoms with Crippen LogP contribution >= 0.6 is 15.9 Å². The van der Waals surface area contributed by atoms with Crippen LogP contribution in [0.5, 0.6) is 0 Å². The third-order valence-corrected chi connectivity index (χ3v) is 2.10. The number of benzene rings is 1. The molecule has 0 saturated carbocycles. The molecule has 0 spiro atoms. The van der Waals surface area contributed by atoms with Gasteiger partial charge in [0.1, 0.15) is 6.10 Å². The van der Waals surface area contributed by atoms with Crippen LogP contribution in [0.4, 0.5) is 0 Å². The summed E-state index contributed by atoms with van der Waals surface area (Å²) in [6.07, 6.45) is -0.988. The molecule has 64 valence electrons. The van der Waals surface area contributed by atoms with Gasteiger partial charge in [0.25, 0.3) is 0 Å². The number of hydrogen-bond donors (Lipinski definition) is 1. The summed E-state index contributed by atoms with van der Waals surface area (Å²) in [6.45, 7) is 1.37. The summed E-state index contributed by atoms with van der Waals surface area (Å²) in [4.78, 5) is 10.8. The molecule has 0 bridgehead atoms. The van der Waals surface area contributed by atoms with E-state index in [-0.39, 0.29) is 5.78 Å². The lowest BCUT2D eigenvalue weighted by Crippen LogP contribution is -2.06. The molecule has 1 rings (SSSR count). The van der Waals surface area contributed by atoms with Crippen LogP contribution in [0.1, 0.15) is 18.6 Å². The Kier molecular flexibility index (Phi) is 3.00. The molecule has 1 N–H and O–H groups in total. The van der Waals surface area contributed by atoms with Crippen LogP contribution in [0, 0.1) is 0 Å². The van der Waals surface area contributed by atoms with Gasteiger partial charge >= 0.3 is 0 Å². The molecule has 1 atom stereocenters. The number of ketones is 1. The number of carbonyl (C=O) groups is 1. The van der Waals surface area contributed by atoms with E-state index in [4.69, 9.17) is 0 Å². The zero-order valence-electron chi connectivity index (χ0n) is 6.62. The van der Waals surface area contributed by atoms with Crippen molar-refractivity contribution in [1.82, 2.24) is 0 Å². The van der Waals surface area contributed by atoms with Crippen molar-refractivity contribution in [2.75, 3.05) is 0 Å². The minimum atomic E-state index is -0.988. The van der Waals surface area contributed by atoms with Crippen LogP contribution in [-0.4, -0.2) is 10.9 Å². The second-order valence-corrected chi connectivity index (χ2v) is 3.48. The van der Waals surface area contributed by atoms with E-state index >= 15 is 0 Å². The van der Waals surface area contributed by atoms with Gasteiger partial charge in [-0.1, -0.05) is 28.1 Å². The van der Waals surface area contributed by atoms with E-state index in [0.29, 0.717) is 5.56 Å². The number of aliphatic hydroxyl groups excluding tert-OH is 1. The Morgan fingerprint density at radius 2 is 1.92 bits per heavy atom. The molecule has 0 radical (unpaired) electrons. The molecule has 2 nitrogen and oxygen atoms in total. The smallest absolute Gasteiger partial charge is 0.162 e. The average molecular weight is 229 g/mol. The van der Waals surface area contributed by atoms with E-state index in [1.807, 2.05) is 0 Å². The topological polar surface area (TPSA) is 37.3 Å². The van der Waals surface area contributed by atoms with Crippen molar-refractivity contribution >= 4 is 21.7 Å². The largest absolute Gasteiger partial charge is 0.381 e. The molecule has 3 heteroatoms. The van der Waals surface area contributed by atoms with Crippen molar-refractivity contribution in [3.05, 3.63) is 34.3 Å². The molecule has 1 aromatic rings. The molecular formula is C9H9BrO2. The number of carbonyl (C=O) groups excluding carboxylic acids is 1. The summed E-state index contributed by atoms with van der Waals surface area (Å²) in [5.41, 5.74) is 0.630. The Hall–Kier alpha value is -0.670. The molecule has 0 aliphatic heterocycles. The zero-order valence-corrected chi connectivity index (χ0v) is 8.21. The maximum Gasteiger partial charge on any atom is 0.162 e. The van der Waals surface area contributed by atoms with Gasteiger partial charge in [-0.3, -0.25) is 4.79 Å². The van der Waals surface area contributed by atoms with Crippen LogP contribution in [0.25, 0.3) is 0 Å². The molecule has 1 unspecified atom stereocenters. The summed E-state index contributed by atoms with van der Waals surface area (Å²) >= 11 is 3.27. The molecule has 0 aliphatic carbocycles. The van der Waals surface area contributed by atoms with Crippen LogP contribution in [-0.2, 0) is 4.79 Å².